The quantitative estimate of drug-likeness (QED) is 0.172. The van der Waals surface area contributed by atoms with Gasteiger partial charge in [-0.1, -0.05) is 72.8 Å². The van der Waals surface area contributed by atoms with Crippen LogP contribution in [0.5, 0.6) is 5.75 Å². The highest BCUT2D eigenvalue weighted by atomic mass is 35.5. The molecule has 31 heavy (non-hydrogen) atoms. The molecule has 0 atom stereocenters. The van der Waals surface area contributed by atoms with Gasteiger partial charge >= 0.3 is 0 Å². The number of hydrogen-bond acceptors (Lipinski definition) is 4. The van der Waals surface area contributed by atoms with Crippen LogP contribution in [0.25, 0.3) is 11.1 Å². The van der Waals surface area contributed by atoms with Crippen LogP contribution in [-0.4, -0.2) is 33.8 Å². The van der Waals surface area contributed by atoms with Gasteiger partial charge in [0.2, 0.25) is 0 Å². The molecule has 0 aromatic heterocycles. The van der Waals surface area contributed by atoms with Crippen molar-refractivity contribution in [2.75, 3.05) is 25.3 Å². The van der Waals surface area contributed by atoms with Gasteiger partial charge in [-0.3, -0.25) is 4.18 Å². The fourth-order valence-corrected chi connectivity index (χ4v) is 3.89. The first kappa shape index (κ1) is 23.1. The summed E-state index contributed by atoms with van der Waals surface area (Å²) < 4.78 is 32.4. The van der Waals surface area contributed by atoms with Crippen molar-refractivity contribution in [3.8, 4) is 5.75 Å². The van der Waals surface area contributed by atoms with E-state index in [1.807, 2.05) is 60.7 Å². The van der Waals surface area contributed by atoms with E-state index in [0.717, 1.165) is 34.9 Å². The minimum atomic E-state index is -3.47. The second-order valence-electron chi connectivity index (χ2n) is 6.92. The van der Waals surface area contributed by atoms with E-state index in [4.69, 9.17) is 20.5 Å². The molecule has 0 unspecified atom stereocenters. The average Bonchev–Trinajstić information content (AvgIpc) is 2.78. The Bertz CT molecular complexity index is 1090. The van der Waals surface area contributed by atoms with Gasteiger partial charge in [0, 0.05) is 5.88 Å². The molecule has 0 aliphatic carbocycles. The predicted octanol–water partition coefficient (Wildman–Crippen LogP) is 5.63. The molecular weight excluding hydrogens is 432 g/mol. The lowest BCUT2D eigenvalue weighted by atomic mass is 9.88. The van der Waals surface area contributed by atoms with E-state index in [-0.39, 0.29) is 13.2 Å². The molecule has 0 N–H and O–H groups in total. The Hall–Kier alpha value is -2.60. The maximum absolute atomic E-state index is 11.0. The number of halogens is 1. The molecule has 0 spiro atoms. The van der Waals surface area contributed by atoms with Crippen LogP contribution in [0, 0.1) is 0 Å². The predicted molar refractivity (Wildman–Crippen MR) is 127 cm³/mol. The molecule has 0 radical (unpaired) electrons. The van der Waals surface area contributed by atoms with E-state index < -0.39 is 10.1 Å². The summed E-state index contributed by atoms with van der Waals surface area (Å²) >= 11 is 6.18. The molecule has 0 fully saturated rings. The molecule has 0 heterocycles. The van der Waals surface area contributed by atoms with Gasteiger partial charge in [0.1, 0.15) is 19.0 Å². The summed E-state index contributed by atoms with van der Waals surface area (Å²) in [6, 6.07) is 28.3. The molecule has 0 saturated carbocycles. The Labute approximate surface area is 189 Å². The van der Waals surface area contributed by atoms with E-state index in [0.29, 0.717) is 11.6 Å². The standard InChI is InChI=1S/C25H25ClO4S/c1-31(27,28)30-19-18-29-23-14-12-22(13-15-23)25(21-10-6-3-7-11-21)24(16-17-26)20-8-4-2-5-9-20/h2-15H,16-19H2,1H3/b25-24-. The second kappa shape index (κ2) is 11.1. The van der Waals surface area contributed by atoms with Crippen LogP contribution in [0.15, 0.2) is 84.9 Å². The fraction of sp³-hybridized carbons (Fsp3) is 0.200. The maximum atomic E-state index is 11.0. The van der Waals surface area contributed by atoms with E-state index in [1.165, 1.54) is 5.57 Å². The molecule has 0 aliphatic rings. The van der Waals surface area contributed by atoms with Crippen LogP contribution in [0.3, 0.4) is 0 Å². The van der Waals surface area contributed by atoms with Crippen molar-refractivity contribution in [1.29, 1.82) is 0 Å². The van der Waals surface area contributed by atoms with Gasteiger partial charge in [0.05, 0.1) is 6.26 Å². The van der Waals surface area contributed by atoms with Crippen LogP contribution in [-0.2, 0) is 14.3 Å². The number of alkyl halides is 1. The van der Waals surface area contributed by atoms with Gasteiger partial charge < -0.3 is 4.74 Å². The van der Waals surface area contributed by atoms with Gasteiger partial charge in [-0.15, -0.1) is 11.6 Å². The third kappa shape index (κ3) is 6.96. The Morgan fingerprint density at radius 1 is 0.774 bits per heavy atom. The zero-order valence-electron chi connectivity index (χ0n) is 17.3. The monoisotopic (exact) mass is 456 g/mol. The number of ether oxygens (including phenoxy) is 1. The lowest BCUT2D eigenvalue weighted by molar-refractivity contribution is 0.222. The van der Waals surface area contributed by atoms with Gasteiger partial charge in [0.25, 0.3) is 10.1 Å². The third-order valence-electron chi connectivity index (χ3n) is 4.62. The average molecular weight is 457 g/mol. The van der Waals surface area contributed by atoms with Crippen LogP contribution in [0.2, 0.25) is 0 Å². The van der Waals surface area contributed by atoms with Gasteiger partial charge in [-0.2, -0.15) is 8.42 Å². The first-order valence-corrected chi connectivity index (χ1v) is 12.3. The summed E-state index contributed by atoms with van der Waals surface area (Å²) in [5, 5.41) is 0. The van der Waals surface area contributed by atoms with Crippen molar-refractivity contribution in [2.24, 2.45) is 0 Å². The summed E-state index contributed by atoms with van der Waals surface area (Å²) in [4.78, 5) is 0. The van der Waals surface area contributed by atoms with E-state index in [9.17, 15) is 8.42 Å². The number of rotatable bonds is 10. The highest BCUT2D eigenvalue weighted by molar-refractivity contribution is 7.85. The van der Waals surface area contributed by atoms with E-state index >= 15 is 0 Å². The largest absolute Gasteiger partial charge is 0.491 e. The molecule has 162 valence electrons. The molecule has 3 aromatic rings. The number of benzene rings is 3. The molecule has 3 aromatic carbocycles. The molecule has 4 nitrogen and oxygen atoms in total. The minimum Gasteiger partial charge on any atom is -0.491 e. The Kier molecular flexibility index (Phi) is 8.29. The Morgan fingerprint density at radius 3 is 1.87 bits per heavy atom. The summed E-state index contributed by atoms with van der Waals surface area (Å²) in [6.07, 6.45) is 1.75. The summed E-state index contributed by atoms with van der Waals surface area (Å²) in [7, 11) is -3.47. The van der Waals surface area contributed by atoms with Crippen molar-refractivity contribution >= 4 is 32.9 Å². The molecule has 0 bridgehead atoms. The second-order valence-corrected chi connectivity index (χ2v) is 8.95. The molecule has 0 saturated heterocycles. The van der Waals surface area contributed by atoms with Crippen molar-refractivity contribution in [3.05, 3.63) is 102 Å². The molecule has 3 rings (SSSR count). The third-order valence-corrected chi connectivity index (χ3v) is 5.41. The lowest BCUT2D eigenvalue weighted by Crippen LogP contribution is -2.11. The zero-order chi connectivity index (χ0) is 22.1. The van der Waals surface area contributed by atoms with Crippen molar-refractivity contribution in [1.82, 2.24) is 0 Å². The number of hydrogen-bond donors (Lipinski definition) is 0. The van der Waals surface area contributed by atoms with Crippen molar-refractivity contribution < 1.29 is 17.3 Å². The smallest absolute Gasteiger partial charge is 0.264 e. The summed E-state index contributed by atoms with van der Waals surface area (Å²) in [5.74, 6) is 1.16. The Morgan fingerprint density at radius 2 is 1.32 bits per heavy atom. The van der Waals surface area contributed by atoms with Gasteiger partial charge in [-0.25, -0.2) is 0 Å². The molecule has 0 aliphatic heterocycles. The Balaban J connectivity index is 1.93. The highest BCUT2D eigenvalue weighted by Gasteiger charge is 2.14. The summed E-state index contributed by atoms with van der Waals surface area (Å²) in [5.41, 5.74) is 5.60. The van der Waals surface area contributed by atoms with Crippen LogP contribution >= 0.6 is 11.6 Å². The van der Waals surface area contributed by atoms with Gasteiger partial charge in [-0.05, 0) is 46.4 Å². The van der Waals surface area contributed by atoms with E-state index in [1.54, 1.807) is 0 Å². The normalized spacial score (nSPS) is 12.3. The number of allylic oxidation sites excluding steroid dienone is 1. The van der Waals surface area contributed by atoms with Crippen molar-refractivity contribution in [2.45, 2.75) is 6.42 Å². The zero-order valence-corrected chi connectivity index (χ0v) is 18.9. The first-order valence-electron chi connectivity index (χ1n) is 9.95. The fourth-order valence-electron chi connectivity index (χ4n) is 3.33. The highest BCUT2D eigenvalue weighted by Crippen LogP contribution is 2.35. The minimum absolute atomic E-state index is 0.0242. The molecular formula is C25H25ClO4S. The van der Waals surface area contributed by atoms with Crippen LogP contribution in [0.1, 0.15) is 23.1 Å². The summed E-state index contributed by atoms with van der Waals surface area (Å²) in [6.45, 7) is 0.124. The van der Waals surface area contributed by atoms with Crippen LogP contribution in [0.4, 0.5) is 0 Å². The molecule has 6 heteroatoms. The first-order chi connectivity index (χ1) is 15.0. The maximum Gasteiger partial charge on any atom is 0.264 e. The SMILES string of the molecule is CS(=O)(=O)OCCOc1ccc(/C(=C(/CCCl)c2ccccc2)c2ccccc2)cc1. The van der Waals surface area contributed by atoms with Gasteiger partial charge in [0.15, 0.2) is 0 Å². The van der Waals surface area contributed by atoms with Crippen LogP contribution < -0.4 is 4.74 Å². The van der Waals surface area contributed by atoms with Crippen molar-refractivity contribution in [3.63, 3.8) is 0 Å². The topological polar surface area (TPSA) is 52.6 Å². The van der Waals surface area contributed by atoms with E-state index in [2.05, 4.69) is 24.3 Å². The molecule has 0 amide bonds. The lowest BCUT2D eigenvalue weighted by Gasteiger charge is -2.17.